The molecule has 1 aliphatic rings. The van der Waals surface area contributed by atoms with Crippen LogP contribution in [0.15, 0.2) is 188 Å². The average Bonchev–Trinajstić information content (AvgIpc) is 3.80. The molecular formula is C55H37N3. The number of fused-ring (bicyclic) bond motifs is 8. The van der Waals surface area contributed by atoms with E-state index in [2.05, 4.69) is 183 Å². The van der Waals surface area contributed by atoms with E-state index in [9.17, 15) is 0 Å². The highest BCUT2D eigenvalue weighted by molar-refractivity contribution is 6.26. The summed E-state index contributed by atoms with van der Waals surface area (Å²) < 4.78 is 1.96. The predicted octanol–water partition coefficient (Wildman–Crippen LogP) is 14.3. The zero-order valence-corrected chi connectivity index (χ0v) is 32.2. The van der Waals surface area contributed by atoms with Crippen molar-refractivity contribution in [3.8, 4) is 55.8 Å². The van der Waals surface area contributed by atoms with Crippen LogP contribution in [-0.2, 0) is 5.41 Å². The highest BCUT2D eigenvalue weighted by Crippen LogP contribution is 2.54. The molecule has 272 valence electrons. The van der Waals surface area contributed by atoms with Crippen molar-refractivity contribution < 1.29 is 0 Å². The first-order chi connectivity index (χ1) is 28.5. The van der Waals surface area contributed by atoms with Gasteiger partial charge in [-0.1, -0.05) is 159 Å². The van der Waals surface area contributed by atoms with Gasteiger partial charge in [0.2, 0.25) is 5.78 Å². The summed E-state index contributed by atoms with van der Waals surface area (Å²) in [4.78, 5) is 9.15. The second-order valence-electron chi connectivity index (χ2n) is 16.2. The molecule has 3 heteroatoms. The molecular weight excluding hydrogens is 703 g/mol. The highest BCUT2D eigenvalue weighted by atomic mass is 15.1. The number of hydrogen-bond donors (Lipinski definition) is 0. The lowest BCUT2D eigenvalue weighted by molar-refractivity contribution is 0.661. The van der Waals surface area contributed by atoms with Crippen molar-refractivity contribution in [1.82, 2.24) is 14.4 Å². The molecule has 0 saturated heterocycles. The van der Waals surface area contributed by atoms with Crippen LogP contribution in [0.4, 0.5) is 0 Å². The molecule has 0 radical (unpaired) electrons. The maximum absolute atomic E-state index is 4.75. The van der Waals surface area contributed by atoms with Crippen LogP contribution in [0.25, 0.3) is 105 Å². The maximum atomic E-state index is 4.75. The lowest BCUT2D eigenvalue weighted by Crippen LogP contribution is -2.15. The summed E-state index contributed by atoms with van der Waals surface area (Å²) in [6.45, 7) is 4.80. The summed E-state index contributed by atoms with van der Waals surface area (Å²) in [5.41, 5.74) is 14.6. The number of imidazole rings is 1. The van der Waals surface area contributed by atoms with Crippen molar-refractivity contribution in [3.05, 3.63) is 200 Å². The molecule has 58 heavy (non-hydrogen) atoms. The fourth-order valence-corrected chi connectivity index (χ4v) is 9.85. The molecule has 3 nitrogen and oxygen atoms in total. The predicted molar refractivity (Wildman–Crippen MR) is 242 cm³/mol. The number of hydrogen-bond acceptors (Lipinski definition) is 2. The monoisotopic (exact) mass is 739 g/mol. The third kappa shape index (κ3) is 4.80. The minimum absolute atomic E-state index is 0.223. The maximum Gasteiger partial charge on any atom is 0.234 e. The molecule has 0 spiro atoms. The van der Waals surface area contributed by atoms with Crippen molar-refractivity contribution in [2.45, 2.75) is 19.3 Å². The fourth-order valence-electron chi connectivity index (χ4n) is 9.85. The van der Waals surface area contributed by atoms with E-state index >= 15 is 0 Å². The summed E-state index contributed by atoms with van der Waals surface area (Å²) >= 11 is 0. The number of rotatable bonds is 4. The molecule has 2 heterocycles. The Hall–Kier alpha value is -7.36. The summed E-state index contributed by atoms with van der Waals surface area (Å²) in [5, 5.41) is 10.1. The SMILES string of the molecule is CC1(C)c2cc(-c3ccc(-c4cn5cccnc5n4)cc3)ccc2-c2cc3c(-c4cccc5ccccc45)c4ccccc4c(-c4cccc5ccccc45)c3cc21. The van der Waals surface area contributed by atoms with E-state index < -0.39 is 0 Å². The van der Waals surface area contributed by atoms with E-state index in [1.807, 2.05) is 22.9 Å². The minimum atomic E-state index is -0.223. The Balaban J connectivity index is 1.09. The molecule has 0 fully saturated rings. The van der Waals surface area contributed by atoms with Gasteiger partial charge in [0.05, 0.1) is 5.69 Å². The molecule has 0 bridgehead atoms. The lowest BCUT2D eigenvalue weighted by Gasteiger charge is -2.24. The minimum Gasteiger partial charge on any atom is -0.291 e. The van der Waals surface area contributed by atoms with Gasteiger partial charge in [-0.15, -0.1) is 0 Å². The van der Waals surface area contributed by atoms with Crippen LogP contribution >= 0.6 is 0 Å². The number of nitrogens with zero attached hydrogens (tertiary/aromatic N) is 3. The van der Waals surface area contributed by atoms with Crippen LogP contribution in [0.2, 0.25) is 0 Å². The largest absolute Gasteiger partial charge is 0.291 e. The Morgan fingerprint density at radius 1 is 0.431 bits per heavy atom. The summed E-state index contributed by atoms with van der Waals surface area (Å²) in [6.07, 6.45) is 5.80. The first-order valence-corrected chi connectivity index (χ1v) is 20.1. The zero-order chi connectivity index (χ0) is 38.5. The van der Waals surface area contributed by atoms with E-state index in [-0.39, 0.29) is 5.41 Å². The molecule has 0 unspecified atom stereocenters. The van der Waals surface area contributed by atoms with E-state index in [0.717, 1.165) is 11.3 Å². The lowest BCUT2D eigenvalue weighted by atomic mass is 9.78. The standard InChI is InChI=1S/C55H37N3/c1-55(2)49-30-38(34-22-24-37(25-23-34)51-33-58-29-11-28-56-54(58)57-51)26-27-41(49)46-31-47-48(32-50(46)55)53(43-21-10-15-36-13-4-6-17-40(36)43)45-19-8-7-18-44(45)52(47)42-20-9-14-35-12-3-5-16-39(35)42/h3-33H,1-2H3. The Labute approximate surface area is 336 Å². The van der Waals surface area contributed by atoms with Crippen LogP contribution in [0.5, 0.6) is 0 Å². The third-order valence-electron chi connectivity index (χ3n) is 12.7. The third-order valence-corrected chi connectivity index (χ3v) is 12.7. The van der Waals surface area contributed by atoms with Gasteiger partial charge in [0, 0.05) is 29.6 Å². The molecule has 0 saturated carbocycles. The van der Waals surface area contributed by atoms with Crippen molar-refractivity contribution in [1.29, 1.82) is 0 Å². The van der Waals surface area contributed by atoms with Crippen LogP contribution in [0.3, 0.4) is 0 Å². The van der Waals surface area contributed by atoms with Crippen LogP contribution in [-0.4, -0.2) is 14.4 Å². The van der Waals surface area contributed by atoms with Gasteiger partial charge in [0.1, 0.15) is 0 Å². The van der Waals surface area contributed by atoms with Gasteiger partial charge in [-0.25, -0.2) is 9.97 Å². The molecule has 0 aliphatic heterocycles. The van der Waals surface area contributed by atoms with Crippen molar-refractivity contribution in [2.24, 2.45) is 0 Å². The second-order valence-corrected chi connectivity index (χ2v) is 16.2. The van der Waals surface area contributed by atoms with Gasteiger partial charge < -0.3 is 0 Å². The summed E-state index contributed by atoms with van der Waals surface area (Å²) in [7, 11) is 0. The number of aromatic nitrogens is 3. The average molecular weight is 740 g/mol. The summed E-state index contributed by atoms with van der Waals surface area (Å²) in [6, 6.07) is 63.1. The first-order valence-electron chi connectivity index (χ1n) is 20.1. The van der Waals surface area contributed by atoms with Gasteiger partial charge in [-0.05, 0) is 123 Å². The fraction of sp³-hybridized carbons (Fsp3) is 0.0545. The van der Waals surface area contributed by atoms with Gasteiger partial charge >= 0.3 is 0 Å². The summed E-state index contributed by atoms with van der Waals surface area (Å²) in [5.74, 6) is 0.705. The van der Waals surface area contributed by atoms with Crippen LogP contribution in [0.1, 0.15) is 25.0 Å². The molecule has 1 aliphatic carbocycles. The molecule has 0 atom stereocenters. The Kier molecular flexibility index (Phi) is 6.98. The Morgan fingerprint density at radius 3 is 1.64 bits per heavy atom. The second kappa shape index (κ2) is 12.3. The molecule has 12 rings (SSSR count). The van der Waals surface area contributed by atoms with E-state index in [1.165, 1.54) is 98.7 Å². The molecule has 2 aromatic heterocycles. The van der Waals surface area contributed by atoms with Crippen LogP contribution in [0, 0.1) is 0 Å². The molecule has 0 amide bonds. The van der Waals surface area contributed by atoms with E-state index in [1.54, 1.807) is 6.20 Å². The molecule has 9 aromatic carbocycles. The smallest absolute Gasteiger partial charge is 0.234 e. The molecule has 11 aromatic rings. The first kappa shape index (κ1) is 32.8. The van der Waals surface area contributed by atoms with Crippen molar-refractivity contribution in [2.75, 3.05) is 0 Å². The van der Waals surface area contributed by atoms with Gasteiger partial charge in [-0.2, -0.15) is 0 Å². The highest BCUT2D eigenvalue weighted by Gasteiger charge is 2.37. The van der Waals surface area contributed by atoms with E-state index in [0.29, 0.717) is 5.78 Å². The normalized spacial score (nSPS) is 13.1. The Bertz CT molecular complexity index is 3440. The van der Waals surface area contributed by atoms with Gasteiger partial charge in [0.15, 0.2) is 0 Å². The van der Waals surface area contributed by atoms with E-state index in [4.69, 9.17) is 4.98 Å². The van der Waals surface area contributed by atoms with Gasteiger partial charge in [-0.3, -0.25) is 4.40 Å². The zero-order valence-electron chi connectivity index (χ0n) is 32.2. The molecule has 0 N–H and O–H groups in total. The van der Waals surface area contributed by atoms with Crippen LogP contribution < -0.4 is 0 Å². The van der Waals surface area contributed by atoms with Gasteiger partial charge in [0.25, 0.3) is 0 Å². The topological polar surface area (TPSA) is 30.2 Å². The van der Waals surface area contributed by atoms with Crippen molar-refractivity contribution in [3.63, 3.8) is 0 Å². The Morgan fingerprint density at radius 2 is 0.983 bits per heavy atom. The number of benzene rings is 9. The van der Waals surface area contributed by atoms with Crippen molar-refractivity contribution >= 4 is 48.9 Å². The quantitative estimate of drug-likeness (QED) is 0.168.